The van der Waals surface area contributed by atoms with Gasteiger partial charge < -0.3 is 25.2 Å². The van der Waals surface area contributed by atoms with Gasteiger partial charge in [0.05, 0.1) is 18.8 Å². The lowest BCUT2D eigenvalue weighted by Crippen LogP contribution is -2.60. The molecule has 5 unspecified atom stereocenters. The third kappa shape index (κ3) is 6.61. The molecule has 0 radical (unpaired) electrons. The van der Waals surface area contributed by atoms with E-state index >= 15 is 0 Å². The Morgan fingerprint density at radius 3 is 2.24 bits per heavy atom. The molecule has 5 atom stereocenters. The number of hydrogen-bond donors (Lipinski definition) is 3. The van der Waals surface area contributed by atoms with Crippen LogP contribution in [0.15, 0.2) is 78.9 Å². The van der Waals surface area contributed by atoms with Crippen LogP contribution in [0.1, 0.15) is 93.1 Å². The number of ether oxygens (including phenoxy) is 2. The molecule has 4 saturated carbocycles. The molecule has 3 aromatic rings. The topological polar surface area (TPSA) is 83.1 Å². The third-order valence-corrected chi connectivity index (χ3v) is 11.4. The minimum atomic E-state index is -0.600. The SMILES string of the molecule is CC1C(CN(C)C(C)c2ccccc2)OC(c2cccc(NC(=O)NC34CC5CC(CC(C5)C3)C4)c2)OC1c1ccc(CO)cc1. The zero-order valence-electron chi connectivity index (χ0n) is 27.4. The maximum Gasteiger partial charge on any atom is 0.319 e. The number of urea groups is 1. The van der Waals surface area contributed by atoms with E-state index in [0.29, 0.717) is 0 Å². The number of aliphatic hydroxyl groups excluding tert-OH is 1. The van der Waals surface area contributed by atoms with Gasteiger partial charge in [0.15, 0.2) is 6.29 Å². The summed E-state index contributed by atoms with van der Waals surface area (Å²) in [5.41, 5.74) is 4.77. The highest BCUT2D eigenvalue weighted by molar-refractivity contribution is 5.90. The van der Waals surface area contributed by atoms with E-state index in [0.717, 1.165) is 65.9 Å². The highest BCUT2D eigenvalue weighted by Crippen LogP contribution is 2.55. The van der Waals surface area contributed by atoms with Gasteiger partial charge in [-0.05, 0) is 99.1 Å². The van der Waals surface area contributed by atoms with E-state index in [4.69, 9.17) is 9.47 Å². The summed E-state index contributed by atoms with van der Waals surface area (Å²) in [7, 11) is 2.15. The van der Waals surface area contributed by atoms with Gasteiger partial charge in [0.2, 0.25) is 0 Å². The number of carbonyl (C=O) groups excluding carboxylic acids is 1. The number of nitrogens with zero attached hydrogens (tertiary/aromatic N) is 1. The Kier molecular flexibility index (Phi) is 8.94. The molecule has 3 aromatic carbocycles. The van der Waals surface area contributed by atoms with Gasteiger partial charge in [-0.2, -0.15) is 0 Å². The summed E-state index contributed by atoms with van der Waals surface area (Å²) in [5.74, 6) is 2.39. The van der Waals surface area contributed by atoms with Crippen molar-refractivity contribution in [1.29, 1.82) is 0 Å². The van der Waals surface area contributed by atoms with Crippen LogP contribution in [0.5, 0.6) is 0 Å². The second kappa shape index (κ2) is 13.1. The van der Waals surface area contributed by atoms with E-state index in [1.54, 1.807) is 0 Å². The molecular weight excluding hydrogens is 574 g/mol. The smallest absolute Gasteiger partial charge is 0.319 e. The first kappa shape index (κ1) is 31.4. The van der Waals surface area contributed by atoms with E-state index < -0.39 is 6.29 Å². The summed E-state index contributed by atoms with van der Waals surface area (Å²) in [6.45, 7) is 5.16. The van der Waals surface area contributed by atoms with Crippen molar-refractivity contribution in [2.75, 3.05) is 18.9 Å². The number of hydrogen-bond acceptors (Lipinski definition) is 5. The maximum atomic E-state index is 13.4. The van der Waals surface area contributed by atoms with E-state index in [2.05, 4.69) is 72.8 Å². The van der Waals surface area contributed by atoms with Crippen LogP contribution < -0.4 is 10.6 Å². The van der Waals surface area contributed by atoms with Gasteiger partial charge in [-0.1, -0.05) is 73.7 Å². The van der Waals surface area contributed by atoms with Crippen LogP contribution in [-0.4, -0.2) is 41.3 Å². The summed E-state index contributed by atoms with van der Waals surface area (Å²) in [4.78, 5) is 15.7. The fourth-order valence-corrected chi connectivity index (χ4v) is 9.19. The Labute approximate surface area is 273 Å². The summed E-state index contributed by atoms with van der Waals surface area (Å²) in [5, 5.41) is 16.2. The van der Waals surface area contributed by atoms with Crippen LogP contribution in [0.2, 0.25) is 0 Å². The number of likely N-dealkylation sites (N-methyl/N-ethyl adjacent to an activating group) is 1. The molecule has 7 heteroatoms. The molecule has 8 rings (SSSR count). The van der Waals surface area contributed by atoms with Crippen LogP contribution >= 0.6 is 0 Å². The summed E-state index contributed by atoms with van der Waals surface area (Å²) >= 11 is 0. The lowest BCUT2D eigenvalue weighted by atomic mass is 9.53. The molecule has 1 aliphatic heterocycles. The predicted molar refractivity (Wildman–Crippen MR) is 180 cm³/mol. The van der Waals surface area contributed by atoms with Crippen LogP contribution in [0.3, 0.4) is 0 Å². The number of amides is 2. The fraction of sp³-hybridized carbons (Fsp3) is 0.513. The van der Waals surface area contributed by atoms with Crippen LogP contribution in [-0.2, 0) is 16.1 Å². The lowest BCUT2D eigenvalue weighted by molar-refractivity contribution is -0.276. The van der Waals surface area contributed by atoms with Crippen LogP contribution in [0, 0.1) is 23.7 Å². The monoisotopic (exact) mass is 623 g/mol. The maximum absolute atomic E-state index is 13.4. The van der Waals surface area contributed by atoms with Crippen molar-refractivity contribution in [3.63, 3.8) is 0 Å². The number of aliphatic hydroxyl groups is 1. The van der Waals surface area contributed by atoms with Crippen LogP contribution in [0.4, 0.5) is 10.5 Å². The number of rotatable bonds is 9. The molecule has 4 aliphatic carbocycles. The Balaban J connectivity index is 1.08. The van der Waals surface area contributed by atoms with Crippen molar-refractivity contribution in [3.05, 3.63) is 101 Å². The molecule has 5 aliphatic rings. The molecular formula is C39H49N3O4. The summed E-state index contributed by atoms with van der Waals surface area (Å²) in [6, 6.07) is 26.6. The molecule has 0 aromatic heterocycles. The highest BCUT2D eigenvalue weighted by atomic mass is 16.7. The van der Waals surface area contributed by atoms with Crippen molar-refractivity contribution in [2.24, 2.45) is 23.7 Å². The molecule has 244 valence electrons. The minimum absolute atomic E-state index is 0.00806. The first-order chi connectivity index (χ1) is 22.3. The van der Waals surface area contributed by atoms with Gasteiger partial charge in [0.25, 0.3) is 0 Å². The average molecular weight is 624 g/mol. The molecule has 0 spiro atoms. The lowest BCUT2D eigenvalue weighted by Gasteiger charge is -2.56. The molecule has 3 N–H and O–H groups in total. The fourth-order valence-electron chi connectivity index (χ4n) is 9.19. The van der Waals surface area contributed by atoms with Gasteiger partial charge in [-0.25, -0.2) is 4.79 Å². The first-order valence-corrected chi connectivity index (χ1v) is 17.2. The van der Waals surface area contributed by atoms with E-state index in [1.165, 1.54) is 24.8 Å². The summed E-state index contributed by atoms with van der Waals surface area (Å²) in [6.07, 6.45) is 6.49. The Bertz CT molecular complexity index is 1460. The van der Waals surface area contributed by atoms with Crippen LogP contribution in [0.25, 0.3) is 0 Å². The minimum Gasteiger partial charge on any atom is -0.392 e. The normalized spacial score (nSPS) is 32.3. The third-order valence-electron chi connectivity index (χ3n) is 11.4. The Morgan fingerprint density at radius 1 is 0.913 bits per heavy atom. The zero-order valence-corrected chi connectivity index (χ0v) is 27.4. The largest absolute Gasteiger partial charge is 0.392 e. The van der Waals surface area contributed by atoms with E-state index in [9.17, 15) is 9.90 Å². The number of carbonyl (C=O) groups is 1. The Hall–Kier alpha value is -3.23. The van der Waals surface area contributed by atoms with Crippen molar-refractivity contribution < 1.29 is 19.4 Å². The highest BCUT2D eigenvalue weighted by Gasteiger charge is 2.51. The second-order valence-electron chi connectivity index (χ2n) is 14.8. The second-order valence-corrected chi connectivity index (χ2v) is 14.8. The number of benzene rings is 3. The average Bonchev–Trinajstić information content (AvgIpc) is 3.05. The first-order valence-electron chi connectivity index (χ1n) is 17.2. The predicted octanol–water partition coefficient (Wildman–Crippen LogP) is 7.75. The number of anilines is 1. The van der Waals surface area contributed by atoms with Gasteiger partial charge in [0, 0.05) is 35.3 Å². The Morgan fingerprint density at radius 2 is 1.59 bits per heavy atom. The molecule has 1 saturated heterocycles. The molecule has 5 fully saturated rings. The van der Waals surface area contributed by atoms with E-state index in [-0.39, 0.29) is 42.3 Å². The van der Waals surface area contributed by atoms with E-state index in [1.807, 2.05) is 42.5 Å². The molecule has 7 nitrogen and oxygen atoms in total. The van der Waals surface area contributed by atoms with Crippen molar-refractivity contribution >= 4 is 11.7 Å². The van der Waals surface area contributed by atoms with Crippen molar-refractivity contribution in [1.82, 2.24) is 10.2 Å². The van der Waals surface area contributed by atoms with Crippen molar-refractivity contribution in [3.8, 4) is 0 Å². The zero-order chi connectivity index (χ0) is 31.8. The standard InChI is InChI=1S/C39H49N3O4/c1-25-35(23-42(3)26(2)31-8-5-4-6-9-31)45-37(46-36(25)32-14-12-27(24-43)13-15-32)33-10-7-11-34(19-33)40-38(44)41-39-20-28-16-29(21-39)18-30(17-28)22-39/h4-15,19,25-26,28-30,35-37,43H,16-18,20-24H2,1-3H3,(H2,40,41,44). The molecule has 1 heterocycles. The quantitative estimate of drug-likeness (QED) is 0.227. The molecule has 2 amide bonds. The van der Waals surface area contributed by atoms with Crippen molar-refractivity contribution in [2.45, 2.75) is 89.1 Å². The summed E-state index contributed by atoms with van der Waals surface area (Å²) < 4.78 is 13.5. The molecule has 46 heavy (non-hydrogen) atoms. The van der Waals surface area contributed by atoms with Gasteiger partial charge >= 0.3 is 6.03 Å². The van der Waals surface area contributed by atoms with Gasteiger partial charge in [0.1, 0.15) is 0 Å². The number of nitrogens with one attached hydrogen (secondary N) is 2. The van der Waals surface area contributed by atoms with Gasteiger partial charge in [-0.3, -0.25) is 4.90 Å². The van der Waals surface area contributed by atoms with Gasteiger partial charge in [-0.15, -0.1) is 0 Å². The molecule has 4 bridgehead atoms.